The van der Waals surface area contributed by atoms with Crippen molar-refractivity contribution in [2.24, 2.45) is 0 Å². The summed E-state index contributed by atoms with van der Waals surface area (Å²) < 4.78 is 0. The second-order valence-electron chi connectivity index (χ2n) is 4.96. The van der Waals surface area contributed by atoms with Gasteiger partial charge >= 0.3 is 0 Å². The van der Waals surface area contributed by atoms with Gasteiger partial charge in [-0.2, -0.15) is 0 Å². The predicted octanol–water partition coefficient (Wildman–Crippen LogP) is 2.21. The lowest BCUT2D eigenvalue weighted by Gasteiger charge is -2.26. The Kier molecular flexibility index (Phi) is 5.59. The first kappa shape index (κ1) is 14.1. The van der Waals surface area contributed by atoms with Gasteiger partial charge in [-0.15, -0.1) is 0 Å². The second-order valence-corrected chi connectivity index (χ2v) is 4.96. The van der Waals surface area contributed by atoms with Crippen LogP contribution in [0, 0.1) is 6.92 Å². The normalized spacial score (nSPS) is 14.9. The molecule has 0 fully saturated rings. The summed E-state index contributed by atoms with van der Waals surface area (Å²) in [5.74, 6) is 0. The van der Waals surface area contributed by atoms with Crippen LogP contribution in [-0.2, 0) is 6.54 Å². The van der Waals surface area contributed by atoms with E-state index >= 15 is 0 Å². The molecule has 1 rings (SSSR count). The molecule has 0 aliphatic rings. The van der Waals surface area contributed by atoms with E-state index in [1.165, 1.54) is 0 Å². The Labute approximate surface area is 105 Å². The quantitative estimate of drug-likeness (QED) is 0.819. The maximum absolute atomic E-state index is 4.54. The molecule has 0 saturated carbocycles. The summed E-state index contributed by atoms with van der Waals surface area (Å²) >= 11 is 0. The van der Waals surface area contributed by atoms with E-state index in [-0.39, 0.29) is 0 Å². The molecule has 2 atom stereocenters. The summed E-state index contributed by atoms with van der Waals surface area (Å²) in [5, 5.41) is 3.28. The van der Waals surface area contributed by atoms with E-state index in [9.17, 15) is 0 Å². The fourth-order valence-electron chi connectivity index (χ4n) is 1.91. The van der Waals surface area contributed by atoms with Crippen molar-refractivity contribution in [1.82, 2.24) is 15.2 Å². The highest BCUT2D eigenvalue weighted by atomic mass is 15.1. The predicted molar refractivity (Wildman–Crippen MR) is 73.0 cm³/mol. The van der Waals surface area contributed by atoms with Gasteiger partial charge in [0.05, 0.1) is 5.69 Å². The van der Waals surface area contributed by atoms with Crippen LogP contribution in [0.4, 0.5) is 0 Å². The Hall–Kier alpha value is -0.930. The molecule has 1 N–H and O–H groups in total. The summed E-state index contributed by atoms with van der Waals surface area (Å²) in [7, 11) is 4.18. The number of rotatable bonds is 6. The zero-order chi connectivity index (χ0) is 12.8. The van der Waals surface area contributed by atoms with Crippen molar-refractivity contribution < 1.29 is 0 Å². The number of aromatic nitrogens is 1. The molecule has 0 aliphatic heterocycles. The Morgan fingerprint density at radius 3 is 2.65 bits per heavy atom. The van der Waals surface area contributed by atoms with Crippen LogP contribution in [0.15, 0.2) is 18.2 Å². The van der Waals surface area contributed by atoms with Crippen LogP contribution >= 0.6 is 0 Å². The van der Waals surface area contributed by atoms with Crippen molar-refractivity contribution in [2.45, 2.75) is 45.8 Å². The topological polar surface area (TPSA) is 28.2 Å². The largest absolute Gasteiger partial charge is 0.317 e. The van der Waals surface area contributed by atoms with E-state index < -0.39 is 0 Å². The minimum atomic E-state index is 0.554. The third-order valence-electron chi connectivity index (χ3n) is 3.30. The highest BCUT2D eigenvalue weighted by Gasteiger charge is 2.12. The summed E-state index contributed by atoms with van der Waals surface area (Å²) in [6.07, 6.45) is 1.15. The van der Waals surface area contributed by atoms with Crippen molar-refractivity contribution in [2.75, 3.05) is 14.1 Å². The standard InChI is InChI=1S/C14H25N3/c1-11-7-6-8-14(16-11)10-17(5)13(3)9-12(2)15-4/h6-8,12-13,15H,9-10H2,1-5H3. The van der Waals surface area contributed by atoms with E-state index in [0.29, 0.717) is 12.1 Å². The van der Waals surface area contributed by atoms with Gasteiger partial charge in [0.15, 0.2) is 0 Å². The fourth-order valence-corrected chi connectivity index (χ4v) is 1.91. The summed E-state index contributed by atoms with van der Waals surface area (Å²) in [6, 6.07) is 7.32. The van der Waals surface area contributed by atoms with Gasteiger partial charge in [0.25, 0.3) is 0 Å². The van der Waals surface area contributed by atoms with E-state index in [1.807, 2.05) is 20.0 Å². The van der Waals surface area contributed by atoms with Crippen LogP contribution in [0.1, 0.15) is 31.7 Å². The number of hydrogen-bond acceptors (Lipinski definition) is 3. The van der Waals surface area contributed by atoms with Gasteiger partial charge in [0.2, 0.25) is 0 Å². The number of hydrogen-bond donors (Lipinski definition) is 1. The summed E-state index contributed by atoms with van der Waals surface area (Å²) in [5.41, 5.74) is 2.24. The number of nitrogens with one attached hydrogen (secondary N) is 1. The number of nitrogens with zero attached hydrogens (tertiary/aromatic N) is 2. The third kappa shape index (κ3) is 4.84. The monoisotopic (exact) mass is 235 g/mol. The maximum atomic E-state index is 4.54. The van der Waals surface area contributed by atoms with Gasteiger partial charge in [-0.3, -0.25) is 9.88 Å². The smallest absolute Gasteiger partial charge is 0.0547 e. The highest BCUT2D eigenvalue weighted by molar-refractivity contribution is 5.09. The molecular formula is C14H25N3. The lowest BCUT2D eigenvalue weighted by molar-refractivity contribution is 0.222. The first-order valence-electron chi connectivity index (χ1n) is 6.33. The molecule has 0 amide bonds. The molecule has 0 bridgehead atoms. The van der Waals surface area contributed by atoms with Crippen LogP contribution < -0.4 is 5.32 Å². The first-order chi connectivity index (χ1) is 8.02. The molecule has 3 heteroatoms. The average Bonchev–Trinajstić information content (AvgIpc) is 2.28. The molecule has 17 heavy (non-hydrogen) atoms. The van der Waals surface area contributed by atoms with E-state index in [0.717, 1.165) is 24.4 Å². The van der Waals surface area contributed by atoms with E-state index in [1.54, 1.807) is 0 Å². The fraction of sp³-hybridized carbons (Fsp3) is 0.643. The van der Waals surface area contributed by atoms with Gasteiger partial charge < -0.3 is 5.32 Å². The molecule has 1 heterocycles. The van der Waals surface area contributed by atoms with Crippen molar-refractivity contribution in [3.63, 3.8) is 0 Å². The van der Waals surface area contributed by atoms with Crippen LogP contribution in [-0.4, -0.2) is 36.1 Å². The zero-order valence-corrected chi connectivity index (χ0v) is 11.7. The van der Waals surface area contributed by atoms with E-state index in [2.05, 4.69) is 48.2 Å². The minimum Gasteiger partial charge on any atom is -0.317 e. The lowest BCUT2D eigenvalue weighted by Crippen LogP contribution is -2.35. The van der Waals surface area contributed by atoms with Crippen molar-refractivity contribution in [3.8, 4) is 0 Å². The molecule has 3 nitrogen and oxygen atoms in total. The number of aryl methyl sites for hydroxylation is 1. The van der Waals surface area contributed by atoms with Crippen molar-refractivity contribution in [3.05, 3.63) is 29.6 Å². The Balaban J connectivity index is 2.50. The number of pyridine rings is 1. The third-order valence-corrected chi connectivity index (χ3v) is 3.30. The van der Waals surface area contributed by atoms with E-state index in [4.69, 9.17) is 0 Å². The Bertz CT molecular complexity index is 338. The molecule has 2 unspecified atom stereocenters. The SMILES string of the molecule is CNC(C)CC(C)N(C)Cc1cccc(C)n1. The average molecular weight is 235 g/mol. The Morgan fingerprint density at radius 2 is 2.06 bits per heavy atom. The van der Waals surface area contributed by atoms with Crippen molar-refractivity contribution in [1.29, 1.82) is 0 Å². The van der Waals surface area contributed by atoms with Gasteiger partial charge in [0.1, 0.15) is 0 Å². The minimum absolute atomic E-state index is 0.554. The molecule has 96 valence electrons. The second kappa shape index (κ2) is 6.72. The Morgan fingerprint density at radius 1 is 1.35 bits per heavy atom. The maximum Gasteiger partial charge on any atom is 0.0547 e. The van der Waals surface area contributed by atoms with Gasteiger partial charge in [-0.25, -0.2) is 0 Å². The molecule has 0 aromatic carbocycles. The zero-order valence-electron chi connectivity index (χ0n) is 11.7. The van der Waals surface area contributed by atoms with Crippen LogP contribution in [0.2, 0.25) is 0 Å². The molecule has 0 saturated heterocycles. The summed E-state index contributed by atoms with van der Waals surface area (Å²) in [4.78, 5) is 6.89. The van der Waals surface area contributed by atoms with Crippen LogP contribution in [0.3, 0.4) is 0 Å². The van der Waals surface area contributed by atoms with Gasteiger partial charge in [-0.1, -0.05) is 6.07 Å². The van der Waals surface area contributed by atoms with Gasteiger partial charge in [-0.05, 0) is 53.4 Å². The highest BCUT2D eigenvalue weighted by Crippen LogP contribution is 2.09. The van der Waals surface area contributed by atoms with Crippen LogP contribution in [0.25, 0.3) is 0 Å². The lowest BCUT2D eigenvalue weighted by atomic mass is 10.1. The van der Waals surface area contributed by atoms with Crippen LogP contribution in [0.5, 0.6) is 0 Å². The molecule has 0 spiro atoms. The summed E-state index contributed by atoms with van der Waals surface area (Å²) in [6.45, 7) is 7.44. The first-order valence-corrected chi connectivity index (χ1v) is 6.33. The molecule has 1 aromatic heterocycles. The molecule has 1 aromatic rings. The van der Waals surface area contributed by atoms with Crippen molar-refractivity contribution >= 4 is 0 Å². The molecular weight excluding hydrogens is 210 g/mol. The molecule has 0 radical (unpaired) electrons. The van der Waals surface area contributed by atoms with Gasteiger partial charge in [0, 0.05) is 24.3 Å². The molecule has 0 aliphatic carbocycles.